The molecule has 0 spiro atoms. The smallest absolute Gasteiger partial charge is 0.310 e. The largest absolute Gasteiger partial charge is 0.481 e. The molecule has 5 nitrogen and oxygen atoms in total. The molecule has 0 aromatic rings. The maximum Gasteiger partial charge on any atom is 0.310 e. The first-order valence-corrected chi connectivity index (χ1v) is 7.82. The summed E-state index contributed by atoms with van der Waals surface area (Å²) in [5, 5.41) is 9.22. The summed E-state index contributed by atoms with van der Waals surface area (Å²) in [6, 6.07) is 0.0268. The minimum Gasteiger partial charge on any atom is -0.481 e. The SMILES string of the molecule is CC1(C(=O)O)CCCN(C2CCS(=O)(=O)C2)C1. The molecule has 2 atom stereocenters. The van der Waals surface area contributed by atoms with Gasteiger partial charge >= 0.3 is 5.97 Å². The zero-order valence-electron chi connectivity index (χ0n) is 10.1. The highest BCUT2D eigenvalue weighted by Gasteiger charge is 2.42. The van der Waals surface area contributed by atoms with E-state index in [1.807, 2.05) is 0 Å². The molecule has 0 bridgehead atoms. The number of hydrogen-bond acceptors (Lipinski definition) is 4. The predicted molar refractivity (Wildman–Crippen MR) is 63.6 cm³/mol. The molecule has 0 aromatic carbocycles. The van der Waals surface area contributed by atoms with Gasteiger partial charge in [0.05, 0.1) is 16.9 Å². The van der Waals surface area contributed by atoms with Gasteiger partial charge in [0.2, 0.25) is 0 Å². The average Bonchev–Trinajstić information content (AvgIpc) is 2.59. The van der Waals surface area contributed by atoms with Crippen LogP contribution in [0.1, 0.15) is 26.2 Å². The van der Waals surface area contributed by atoms with Crippen molar-refractivity contribution < 1.29 is 18.3 Å². The summed E-state index contributed by atoms with van der Waals surface area (Å²) in [4.78, 5) is 13.3. The van der Waals surface area contributed by atoms with Gasteiger partial charge in [-0.3, -0.25) is 9.69 Å². The molecule has 0 radical (unpaired) electrons. The van der Waals surface area contributed by atoms with Crippen LogP contribution in [0.4, 0.5) is 0 Å². The number of carbonyl (C=O) groups is 1. The quantitative estimate of drug-likeness (QED) is 0.777. The highest BCUT2D eigenvalue weighted by Crippen LogP contribution is 2.32. The average molecular weight is 261 g/mol. The number of likely N-dealkylation sites (tertiary alicyclic amines) is 1. The number of rotatable bonds is 2. The monoisotopic (exact) mass is 261 g/mol. The number of carboxylic acid groups (broad SMARTS) is 1. The molecule has 2 aliphatic heterocycles. The Morgan fingerprint density at radius 3 is 2.71 bits per heavy atom. The highest BCUT2D eigenvalue weighted by atomic mass is 32.2. The molecule has 6 heteroatoms. The summed E-state index contributed by atoms with van der Waals surface area (Å²) in [7, 11) is -2.89. The van der Waals surface area contributed by atoms with E-state index in [-0.39, 0.29) is 17.5 Å². The molecule has 2 rings (SSSR count). The van der Waals surface area contributed by atoms with Gasteiger partial charge in [-0.2, -0.15) is 0 Å². The van der Waals surface area contributed by atoms with E-state index in [0.29, 0.717) is 19.4 Å². The van der Waals surface area contributed by atoms with Crippen LogP contribution >= 0.6 is 0 Å². The molecule has 1 N–H and O–H groups in total. The minimum atomic E-state index is -2.89. The number of hydrogen-bond donors (Lipinski definition) is 1. The van der Waals surface area contributed by atoms with Crippen LogP contribution in [0.25, 0.3) is 0 Å². The lowest BCUT2D eigenvalue weighted by Crippen LogP contribution is -2.50. The molecule has 0 aromatic heterocycles. The van der Waals surface area contributed by atoms with E-state index in [9.17, 15) is 18.3 Å². The first-order valence-electron chi connectivity index (χ1n) is 6.00. The van der Waals surface area contributed by atoms with E-state index >= 15 is 0 Å². The normalized spacial score (nSPS) is 38.1. The number of aliphatic carboxylic acids is 1. The Balaban J connectivity index is 2.06. The summed E-state index contributed by atoms with van der Waals surface area (Å²) in [5.41, 5.74) is -0.718. The van der Waals surface area contributed by atoms with Gasteiger partial charge in [-0.1, -0.05) is 0 Å². The van der Waals surface area contributed by atoms with Crippen molar-refractivity contribution in [3.05, 3.63) is 0 Å². The first-order chi connectivity index (χ1) is 7.82. The Labute approximate surface area is 102 Å². The Morgan fingerprint density at radius 2 is 2.18 bits per heavy atom. The standard InChI is InChI=1S/C11H19NO4S/c1-11(10(13)14)4-2-5-12(8-11)9-3-6-17(15,16)7-9/h9H,2-8H2,1H3,(H,13,14). The van der Waals surface area contributed by atoms with Crippen LogP contribution in [0.5, 0.6) is 0 Å². The second kappa shape index (κ2) is 4.24. The van der Waals surface area contributed by atoms with Gasteiger partial charge in [0.25, 0.3) is 0 Å². The molecule has 0 amide bonds. The third-order valence-electron chi connectivity index (χ3n) is 3.97. The molecule has 2 saturated heterocycles. The van der Waals surface area contributed by atoms with Gasteiger partial charge in [0, 0.05) is 12.6 Å². The summed E-state index contributed by atoms with van der Waals surface area (Å²) in [5.74, 6) is -0.330. The van der Waals surface area contributed by atoms with E-state index in [1.54, 1.807) is 6.92 Å². The van der Waals surface area contributed by atoms with Crippen LogP contribution in [0.2, 0.25) is 0 Å². The van der Waals surface area contributed by atoms with Crippen molar-refractivity contribution in [3.8, 4) is 0 Å². The third-order valence-corrected chi connectivity index (χ3v) is 5.72. The molecule has 2 fully saturated rings. The van der Waals surface area contributed by atoms with E-state index < -0.39 is 21.2 Å². The van der Waals surface area contributed by atoms with Crippen molar-refractivity contribution in [1.29, 1.82) is 0 Å². The van der Waals surface area contributed by atoms with Crippen molar-refractivity contribution in [1.82, 2.24) is 4.90 Å². The highest BCUT2D eigenvalue weighted by molar-refractivity contribution is 7.91. The van der Waals surface area contributed by atoms with Crippen molar-refractivity contribution in [2.24, 2.45) is 5.41 Å². The van der Waals surface area contributed by atoms with Gasteiger partial charge in [0.1, 0.15) is 0 Å². The lowest BCUT2D eigenvalue weighted by atomic mass is 9.81. The number of nitrogens with zero attached hydrogens (tertiary/aromatic N) is 1. The van der Waals surface area contributed by atoms with Gasteiger partial charge < -0.3 is 5.11 Å². The lowest BCUT2D eigenvalue weighted by molar-refractivity contribution is -0.151. The van der Waals surface area contributed by atoms with Gasteiger partial charge in [-0.05, 0) is 32.7 Å². The molecule has 2 unspecified atom stereocenters. The summed E-state index contributed by atoms with van der Waals surface area (Å²) in [6.07, 6.45) is 2.16. The fourth-order valence-electron chi connectivity index (χ4n) is 2.83. The summed E-state index contributed by atoms with van der Waals surface area (Å²) in [6.45, 7) is 3.05. The van der Waals surface area contributed by atoms with E-state index in [2.05, 4.69) is 4.90 Å². The molecular weight excluding hydrogens is 242 g/mol. The Kier molecular flexibility index (Phi) is 3.20. The third kappa shape index (κ3) is 2.63. The van der Waals surface area contributed by atoms with Crippen molar-refractivity contribution in [2.45, 2.75) is 32.2 Å². The maximum atomic E-state index is 11.4. The predicted octanol–water partition coefficient (Wildman–Crippen LogP) is 0.360. The fourth-order valence-corrected chi connectivity index (χ4v) is 4.59. The summed E-state index contributed by atoms with van der Waals surface area (Å²) < 4.78 is 22.9. The molecule has 98 valence electrons. The number of piperidine rings is 1. The molecule has 0 saturated carbocycles. The second-order valence-corrected chi connectivity index (χ2v) is 7.73. The fraction of sp³-hybridized carbons (Fsp3) is 0.909. The van der Waals surface area contributed by atoms with Crippen LogP contribution < -0.4 is 0 Å². The van der Waals surface area contributed by atoms with E-state index in [4.69, 9.17) is 0 Å². The summed E-state index contributed by atoms with van der Waals surface area (Å²) >= 11 is 0. The lowest BCUT2D eigenvalue weighted by Gasteiger charge is -2.40. The molecule has 2 aliphatic rings. The number of sulfone groups is 1. The van der Waals surface area contributed by atoms with Crippen molar-refractivity contribution >= 4 is 15.8 Å². The second-order valence-electron chi connectivity index (χ2n) is 5.50. The van der Waals surface area contributed by atoms with Gasteiger partial charge in [-0.25, -0.2) is 8.42 Å². The van der Waals surface area contributed by atoms with E-state index in [1.165, 1.54) is 0 Å². The molecule has 0 aliphatic carbocycles. The topological polar surface area (TPSA) is 74.7 Å². The Hall–Kier alpha value is -0.620. The minimum absolute atomic E-state index is 0.0268. The molecule has 17 heavy (non-hydrogen) atoms. The van der Waals surface area contributed by atoms with Crippen LogP contribution in [0, 0.1) is 5.41 Å². The van der Waals surface area contributed by atoms with Crippen molar-refractivity contribution in [3.63, 3.8) is 0 Å². The Bertz CT molecular complexity index is 419. The zero-order chi connectivity index (χ0) is 12.7. The van der Waals surface area contributed by atoms with Gasteiger partial charge in [0.15, 0.2) is 9.84 Å². The van der Waals surface area contributed by atoms with Crippen LogP contribution in [0.15, 0.2) is 0 Å². The maximum absolute atomic E-state index is 11.4. The van der Waals surface area contributed by atoms with Crippen molar-refractivity contribution in [2.75, 3.05) is 24.6 Å². The van der Waals surface area contributed by atoms with Gasteiger partial charge in [-0.15, -0.1) is 0 Å². The molecule has 2 heterocycles. The Morgan fingerprint density at radius 1 is 1.47 bits per heavy atom. The van der Waals surface area contributed by atoms with Crippen LogP contribution in [0.3, 0.4) is 0 Å². The van der Waals surface area contributed by atoms with Crippen LogP contribution in [-0.2, 0) is 14.6 Å². The first kappa shape index (κ1) is 12.8. The zero-order valence-corrected chi connectivity index (χ0v) is 10.9. The number of carboxylic acids is 1. The van der Waals surface area contributed by atoms with Crippen LogP contribution in [-0.4, -0.2) is 55.0 Å². The van der Waals surface area contributed by atoms with E-state index in [0.717, 1.165) is 13.0 Å². The molecular formula is C11H19NO4S.